The summed E-state index contributed by atoms with van der Waals surface area (Å²) in [7, 11) is 1.92. The fourth-order valence-electron chi connectivity index (χ4n) is 3.59. The molecule has 0 radical (unpaired) electrons. The first-order valence-electron chi connectivity index (χ1n) is 8.75. The molecular formula is C18H23N7. The average Bonchev–Trinajstić information content (AvgIpc) is 2.94. The van der Waals surface area contributed by atoms with Crippen molar-refractivity contribution in [1.82, 2.24) is 24.7 Å². The van der Waals surface area contributed by atoms with Crippen molar-refractivity contribution in [2.75, 3.05) is 5.32 Å². The van der Waals surface area contributed by atoms with Gasteiger partial charge in [-0.05, 0) is 19.8 Å². The van der Waals surface area contributed by atoms with E-state index in [0.29, 0.717) is 5.95 Å². The number of nitrogens with two attached hydrogens (primary N) is 1. The number of hydrogen-bond donors (Lipinski definition) is 2. The second-order valence-corrected chi connectivity index (χ2v) is 6.82. The number of anilines is 1. The molecule has 130 valence electrons. The van der Waals surface area contributed by atoms with Crippen molar-refractivity contribution in [1.29, 1.82) is 0 Å². The maximum absolute atomic E-state index is 6.24. The van der Waals surface area contributed by atoms with Crippen LogP contribution in [0.4, 0.5) is 5.95 Å². The molecule has 7 nitrogen and oxygen atoms in total. The van der Waals surface area contributed by atoms with Crippen LogP contribution in [0.2, 0.25) is 0 Å². The summed E-state index contributed by atoms with van der Waals surface area (Å²) in [6.45, 7) is 2.00. The summed E-state index contributed by atoms with van der Waals surface area (Å²) in [4.78, 5) is 13.6. The third kappa shape index (κ3) is 3.07. The lowest BCUT2D eigenvalue weighted by Crippen LogP contribution is -2.42. The molecule has 2 atom stereocenters. The summed E-state index contributed by atoms with van der Waals surface area (Å²) < 4.78 is 1.81. The second-order valence-electron chi connectivity index (χ2n) is 6.82. The van der Waals surface area contributed by atoms with E-state index in [1.165, 1.54) is 12.8 Å². The van der Waals surface area contributed by atoms with Crippen molar-refractivity contribution < 1.29 is 0 Å². The fourth-order valence-corrected chi connectivity index (χ4v) is 3.59. The van der Waals surface area contributed by atoms with E-state index >= 15 is 0 Å². The van der Waals surface area contributed by atoms with Gasteiger partial charge < -0.3 is 11.1 Å². The summed E-state index contributed by atoms with van der Waals surface area (Å²) >= 11 is 0. The highest BCUT2D eigenvalue weighted by Crippen LogP contribution is 2.29. The van der Waals surface area contributed by atoms with Crippen molar-refractivity contribution in [2.24, 2.45) is 12.8 Å². The Balaban J connectivity index is 1.74. The summed E-state index contributed by atoms with van der Waals surface area (Å²) in [6.07, 6.45) is 12.0. The topological polar surface area (TPSA) is 94.5 Å². The monoisotopic (exact) mass is 337 g/mol. The first-order chi connectivity index (χ1) is 12.1. The van der Waals surface area contributed by atoms with E-state index in [-0.39, 0.29) is 12.1 Å². The van der Waals surface area contributed by atoms with Gasteiger partial charge in [0.1, 0.15) is 0 Å². The van der Waals surface area contributed by atoms with Gasteiger partial charge in [0.2, 0.25) is 5.95 Å². The normalized spacial score (nSPS) is 20.8. The highest BCUT2D eigenvalue weighted by Gasteiger charge is 2.22. The summed E-state index contributed by atoms with van der Waals surface area (Å²) in [5, 5.41) is 8.78. The molecule has 0 amide bonds. The smallest absolute Gasteiger partial charge is 0.223 e. The molecule has 1 fully saturated rings. The van der Waals surface area contributed by atoms with Crippen LogP contribution in [0.5, 0.6) is 0 Å². The van der Waals surface area contributed by atoms with Crippen molar-refractivity contribution in [3.63, 3.8) is 0 Å². The van der Waals surface area contributed by atoms with Crippen LogP contribution >= 0.6 is 0 Å². The van der Waals surface area contributed by atoms with Crippen LogP contribution in [0.3, 0.4) is 0 Å². The largest absolute Gasteiger partial charge is 0.350 e. The fraction of sp³-hybridized carbons (Fsp3) is 0.444. The minimum Gasteiger partial charge on any atom is -0.350 e. The van der Waals surface area contributed by atoms with Gasteiger partial charge in [-0.25, -0.2) is 9.97 Å². The Hall–Kier alpha value is -2.54. The van der Waals surface area contributed by atoms with Crippen LogP contribution in [-0.4, -0.2) is 36.8 Å². The summed E-state index contributed by atoms with van der Waals surface area (Å²) in [6, 6.07) is 0.391. The molecule has 0 aromatic carbocycles. The average molecular weight is 337 g/mol. The van der Waals surface area contributed by atoms with Crippen molar-refractivity contribution in [2.45, 2.75) is 44.7 Å². The molecule has 25 heavy (non-hydrogen) atoms. The maximum Gasteiger partial charge on any atom is 0.223 e. The van der Waals surface area contributed by atoms with Gasteiger partial charge in [-0.1, -0.05) is 12.8 Å². The number of pyridine rings is 1. The first-order valence-corrected chi connectivity index (χ1v) is 8.75. The van der Waals surface area contributed by atoms with Gasteiger partial charge in [0.25, 0.3) is 0 Å². The lowest BCUT2D eigenvalue weighted by Gasteiger charge is -2.29. The molecule has 1 aliphatic rings. The minimum atomic E-state index is 0.158. The van der Waals surface area contributed by atoms with Gasteiger partial charge in [-0.2, -0.15) is 5.10 Å². The van der Waals surface area contributed by atoms with Gasteiger partial charge in [0, 0.05) is 60.4 Å². The van der Waals surface area contributed by atoms with E-state index in [0.717, 1.165) is 40.6 Å². The van der Waals surface area contributed by atoms with E-state index in [4.69, 9.17) is 10.7 Å². The molecule has 4 rings (SSSR count). The van der Waals surface area contributed by atoms with E-state index in [1.54, 1.807) is 6.20 Å². The Bertz CT molecular complexity index is 902. The predicted molar refractivity (Wildman–Crippen MR) is 98.1 cm³/mol. The second kappa shape index (κ2) is 6.40. The number of aromatic nitrogens is 5. The third-order valence-electron chi connectivity index (χ3n) is 4.93. The summed E-state index contributed by atoms with van der Waals surface area (Å²) in [5.41, 5.74) is 10.1. The van der Waals surface area contributed by atoms with Crippen molar-refractivity contribution in [3.05, 3.63) is 30.5 Å². The Morgan fingerprint density at radius 2 is 2.00 bits per heavy atom. The van der Waals surface area contributed by atoms with Gasteiger partial charge >= 0.3 is 0 Å². The lowest BCUT2D eigenvalue weighted by molar-refractivity contribution is 0.402. The number of aryl methyl sites for hydroxylation is 2. The number of nitrogens with one attached hydrogen (secondary N) is 1. The molecule has 3 heterocycles. The zero-order valence-electron chi connectivity index (χ0n) is 14.6. The van der Waals surface area contributed by atoms with Gasteiger partial charge in [0.15, 0.2) is 0 Å². The van der Waals surface area contributed by atoms with Crippen LogP contribution < -0.4 is 11.1 Å². The van der Waals surface area contributed by atoms with Gasteiger partial charge in [-0.15, -0.1) is 0 Å². The molecule has 3 aromatic rings. The maximum atomic E-state index is 6.24. The van der Waals surface area contributed by atoms with Crippen LogP contribution in [0.25, 0.3) is 22.0 Å². The van der Waals surface area contributed by atoms with Crippen LogP contribution in [0.15, 0.2) is 24.8 Å². The van der Waals surface area contributed by atoms with E-state index in [9.17, 15) is 0 Å². The van der Waals surface area contributed by atoms with Crippen LogP contribution in [0, 0.1) is 6.92 Å². The minimum absolute atomic E-state index is 0.158. The molecule has 0 spiro atoms. The van der Waals surface area contributed by atoms with E-state index < -0.39 is 0 Å². The number of nitrogens with zero attached hydrogens (tertiary/aromatic N) is 5. The molecule has 1 aliphatic carbocycles. The predicted octanol–water partition coefficient (Wildman–Crippen LogP) is 2.42. The Morgan fingerprint density at radius 1 is 1.16 bits per heavy atom. The van der Waals surface area contributed by atoms with Crippen LogP contribution in [-0.2, 0) is 7.05 Å². The number of rotatable bonds is 3. The van der Waals surface area contributed by atoms with Gasteiger partial charge in [-0.3, -0.25) is 9.67 Å². The molecule has 0 bridgehead atoms. The Labute approximate surface area is 146 Å². The highest BCUT2D eigenvalue weighted by molar-refractivity contribution is 5.93. The van der Waals surface area contributed by atoms with Crippen LogP contribution in [0.1, 0.15) is 31.4 Å². The molecule has 0 aliphatic heterocycles. The number of hydrogen-bond acceptors (Lipinski definition) is 6. The van der Waals surface area contributed by atoms with Crippen molar-refractivity contribution >= 4 is 16.9 Å². The zero-order valence-corrected chi connectivity index (χ0v) is 14.6. The zero-order chi connectivity index (χ0) is 17.4. The highest BCUT2D eigenvalue weighted by atomic mass is 15.2. The Morgan fingerprint density at radius 3 is 2.76 bits per heavy atom. The standard InChI is InChI=1S/C18H23N7/c1-11-14(10-25(2)24-11)13-9-20-7-12-8-21-18(23-17(12)13)22-16-6-4-3-5-15(16)19/h7-10,15-16H,3-6,19H2,1-2H3,(H,21,22,23)/t15-,16+/m0/s1. The molecular weight excluding hydrogens is 314 g/mol. The quantitative estimate of drug-likeness (QED) is 0.762. The van der Waals surface area contributed by atoms with Crippen molar-refractivity contribution in [3.8, 4) is 11.1 Å². The van der Waals surface area contributed by atoms with E-state index in [1.807, 2.05) is 37.2 Å². The first kappa shape index (κ1) is 16.0. The third-order valence-corrected chi connectivity index (χ3v) is 4.93. The molecule has 0 saturated heterocycles. The summed E-state index contributed by atoms with van der Waals surface area (Å²) in [5.74, 6) is 0.629. The van der Waals surface area contributed by atoms with E-state index in [2.05, 4.69) is 20.4 Å². The Kier molecular flexibility index (Phi) is 4.09. The molecule has 3 N–H and O–H groups in total. The SMILES string of the molecule is Cc1nn(C)cc1-c1cncc2cnc(N[C@@H]3CCCC[C@@H]3N)nc12. The lowest BCUT2D eigenvalue weighted by atomic mass is 9.91. The molecule has 1 saturated carbocycles. The van der Waals surface area contributed by atoms with Gasteiger partial charge in [0.05, 0.1) is 11.2 Å². The molecule has 0 unspecified atom stereocenters. The number of fused-ring (bicyclic) bond motifs is 1. The molecule has 7 heteroatoms. The molecule has 3 aromatic heterocycles.